The van der Waals surface area contributed by atoms with Crippen LogP contribution in [-0.4, -0.2) is 37.5 Å². The lowest BCUT2D eigenvalue weighted by molar-refractivity contribution is 0.177. The zero-order valence-electron chi connectivity index (χ0n) is 10.1. The van der Waals surface area contributed by atoms with Crippen molar-refractivity contribution in [3.63, 3.8) is 0 Å². The fourth-order valence-corrected chi connectivity index (χ4v) is 2.57. The predicted molar refractivity (Wildman–Crippen MR) is 62.5 cm³/mol. The fraction of sp³-hybridized carbons (Fsp3) is 0.455. The Bertz CT molecular complexity index is 497. The molecule has 0 heterocycles. The van der Waals surface area contributed by atoms with Gasteiger partial charge in [0.25, 0.3) is 0 Å². The number of hydrogen-bond donors (Lipinski definition) is 1. The first-order valence-electron chi connectivity index (χ1n) is 5.34. The lowest BCUT2D eigenvalue weighted by Gasteiger charge is -2.18. The minimum Gasteiger partial charge on any atom is -0.393 e. The Morgan fingerprint density at radius 2 is 1.78 bits per heavy atom. The number of benzene rings is 1. The van der Waals surface area contributed by atoms with E-state index in [0.717, 1.165) is 16.4 Å². The van der Waals surface area contributed by atoms with Gasteiger partial charge < -0.3 is 5.11 Å². The maximum atomic E-state index is 13.0. The molecule has 0 fully saturated rings. The van der Waals surface area contributed by atoms with Crippen molar-refractivity contribution in [1.29, 1.82) is 0 Å². The minimum absolute atomic E-state index is 0.0676. The van der Waals surface area contributed by atoms with Gasteiger partial charge in [-0.05, 0) is 25.5 Å². The molecule has 4 nitrogen and oxygen atoms in total. The van der Waals surface area contributed by atoms with Gasteiger partial charge in [-0.1, -0.05) is 0 Å². The number of aliphatic hydroxyl groups is 1. The van der Waals surface area contributed by atoms with E-state index in [-0.39, 0.29) is 13.0 Å². The van der Waals surface area contributed by atoms with Crippen molar-refractivity contribution in [3.05, 3.63) is 29.8 Å². The van der Waals surface area contributed by atoms with E-state index < -0.39 is 32.7 Å². The molecule has 0 spiro atoms. The summed E-state index contributed by atoms with van der Waals surface area (Å²) in [6, 6.07) is 2.13. The van der Waals surface area contributed by atoms with Gasteiger partial charge in [-0.15, -0.1) is 0 Å². The van der Waals surface area contributed by atoms with E-state index in [0.29, 0.717) is 6.07 Å². The molecular formula is C11H15F2NO3S. The number of hydrogen-bond acceptors (Lipinski definition) is 3. The molecule has 0 aliphatic heterocycles. The van der Waals surface area contributed by atoms with Gasteiger partial charge in [-0.3, -0.25) is 0 Å². The van der Waals surface area contributed by atoms with Crippen LogP contribution in [0.3, 0.4) is 0 Å². The summed E-state index contributed by atoms with van der Waals surface area (Å²) < 4.78 is 50.8. The highest BCUT2D eigenvalue weighted by Crippen LogP contribution is 2.17. The Balaban J connectivity index is 2.98. The van der Waals surface area contributed by atoms with Crippen molar-refractivity contribution in [2.24, 2.45) is 0 Å². The van der Waals surface area contributed by atoms with Gasteiger partial charge in [0.2, 0.25) is 10.0 Å². The van der Waals surface area contributed by atoms with E-state index >= 15 is 0 Å². The molecule has 18 heavy (non-hydrogen) atoms. The first kappa shape index (κ1) is 15.0. The molecule has 0 saturated carbocycles. The zero-order chi connectivity index (χ0) is 13.9. The summed E-state index contributed by atoms with van der Waals surface area (Å²) in [5, 5.41) is 9.08. The lowest BCUT2D eigenvalue weighted by Crippen LogP contribution is -2.29. The van der Waals surface area contributed by atoms with Crippen LogP contribution >= 0.6 is 0 Å². The summed E-state index contributed by atoms with van der Waals surface area (Å²) in [6.45, 7) is 1.60. The summed E-state index contributed by atoms with van der Waals surface area (Å²) in [5.41, 5.74) is 0. The van der Waals surface area contributed by atoms with Gasteiger partial charge in [-0.2, -0.15) is 0 Å². The number of nitrogens with zero attached hydrogens (tertiary/aromatic N) is 1. The second kappa shape index (κ2) is 5.73. The third kappa shape index (κ3) is 3.72. The van der Waals surface area contributed by atoms with Crippen LogP contribution in [-0.2, 0) is 10.0 Å². The predicted octanol–water partition coefficient (Wildman–Crippen LogP) is 1.36. The number of sulfonamides is 1. The summed E-state index contributed by atoms with van der Waals surface area (Å²) in [4.78, 5) is -0.437. The van der Waals surface area contributed by atoms with E-state index in [1.54, 1.807) is 0 Å². The minimum atomic E-state index is -3.94. The highest BCUT2D eigenvalue weighted by molar-refractivity contribution is 7.89. The van der Waals surface area contributed by atoms with Gasteiger partial charge in [0, 0.05) is 19.7 Å². The Kier molecular flexibility index (Phi) is 4.78. The van der Waals surface area contributed by atoms with Crippen LogP contribution in [0.2, 0.25) is 0 Å². The van der Waals surface area contributed by atoms with Gasteiger partial charge in [0.1, 0.15) is 11.6 Å². The Morgan fingerprint density at radius 3 is 2.22 bits per heavy atom. The van der Waals surface area contributed by atoms with Crippen molar-refractivity contribution < 1.29 is 22.3 Å². The zero-order valence-corrected chi connectivity index (χ0v) is 10.9. The van der Waals surface area contributed by atoms with Crippen molar-refractivity contribution in [2.45, 2.75) is 24.3 Å². The van der Waals surface area contributed by atoms with Crippen LogP contribution in [0.15, 0.2) is 23.1 Å². The molecule has 0 radical (unpaired) electrons. The number of aliphatic hydroxyl groups excluding tert-OH is 1. The highest BCUT2D eigenvalue weighted by atomic mass is 32.2. The molecular weight excluding hydrogens is 264 g/mol. The average Bonchev–Trinajstić information content (AvgIpc) is 2.24. The van der Waals surface area contributed by atoms with Crippen LogP contribution in [0.5, 0.6) is 0 Å². The quantitative estimate of drug-likeness (QED) is 0.885. The molecule has 1 aromatic carbocycles. The molecule has 0 amide bonds. The van der Waals surface area contributed by atoms with Crippen molar-refractivity contribution >= 4 is 10.0 Å². The van der Waals surface area contributed by atoms with Gasteiger partial charge in [0.05, 0.1) is 11.0 Å². The topological polar surface area (TPSA) is 57.6 Å². The lowest BCUT2D eigenvalue weighted by atomic mass is 10.3. The van der Waals surface area contributed by atoms with Crippen LogP contribution < -0.4 is 0 Å². The number of rotatable bonds is 5. The summed E-state index contributed by atoms with van der Waals surface area (Å²) >= 11 is 0. The largest absolute Gasteiger partial charge is 0.393 e. The molecule has 1 unspecified atom stereocenters. The molecule has 0 aromatic heterocycles. The van der Waals surface area contributed by atoms with E-state index in [4.69, 9.17) is 5.11 Å². The third-order valence-electron chi connectivity index (χ3n) is 2.41. The van der Waals surface area contributed by atoms with Crippen LogP contribution in [0.25, 0.3) is 0 Å². The highest BCUT2D eigenvalue weighted by Gasteiger charge is 2.22. The molecule has 7 heteroatoms. The number of halogens is 2. The van der Waals surface area contributed by atoms with Crippen LogP contribution in [0.1, 0.15) is 13.3 Å². The Hall–Kier alpha value is -1.05. The van der Waals surface area contributed by atoms with Crippen molar-refractivity contribution in [1.82, 2.24) is 4.31 Å². The molecule has 1 rings (SSSR count). The Labute approximate surface area is 105 Å². The van der Waals surface area contributed by atoms with E-state index in [1.807, 2.05) is 0 Å². The standard InChI is InChI=1S/C11H15F2NO3S/c1-8(15)3-4-14(2)18(16,17)11-6-9(12)5-10(13)7-11/h5-8,15H,3-4H2,1-2H3. The maximum Gasteiger partial charge on any atom is 0.243 e. The van der Waals surface area contributed by atoms with Gasteiger partial charge in [0.15, 0.2) is 0 Å². The van der Waals surface area contributed by atoms with E-state index in [2.05, 4.69) is 0 Å². The molecule has 1 N–H and O–H groups in total. The van der Waals surface area contributed by atoms with E-state index in [1.165, 1.54) is 14.0 Å². The summed E-state index contributed by atoms with van der Waals surface area (Å²) in [6.07, 6.45) is -0.403. The maximum absolute atomic E-state index is 13.0. The second-order valence-corrected chi connectivity index (χ2v) is 6.11. The SMILES string of the molecule is CC(O)CCN(C)S(=O)(=O)c1cc(F)cc(F)c1. The third-order valence-corrected chi connectivity index (χ3v) is 4.24. The summed E-state index contributed by atoms with van der Waals surface area (Å²) in [7, 11) is -2.65. The monoisotopic (exact) mass is 279 g/mol. The molecule has 1 atom stereocenters. The molecule has 1 aromatic rings. The van der Waals surface area contributed by atoms with Crippen LogP contribution in [0.4, 0.5) is 8.78 Å². The summed E-state index contributed by atoms with van der Waals surface area (Å²) in [5.74, 6) is -1.89. The first-order valence-corrected chi connectivity index (χ1v) is 6.78. The normalized spacial score (nSPS) is 13.9. The van der Waals surface area contributed by atoms with Gasteiger partial charge in [-0.25, -0.2) is 21.5 Å². The smallest absolute Gasteiger partial charge is 0.243 e. The molecule has 102 valence electrons. The molecule has 0 aliphatic carbocycles. The average molecular weight is 279 g/mol. The second-order valence-electron chi connectivity index (χ2n) is 4.07. The van der Waals surface area contributed by atoms with Crippen LogP contribution in [0, 0.1) is 11.6 Å². The molecule has 0 bridgehead atoms. The molecule has 0 saturated heterocycles. The van der Waals surface area contributed by atoms with Crippen molar-refractivity contribution in [2.75, 3.05) is 13.6 Å². The van der Waals surface area contributed by atoms with Gasteiger partial charge >= 0.3 is 0 Å². The van der Waals surface area contributed by atoms with Crippen molar-refractivity contribution in [3.8, 4) is 0 Å². The van der Waals surface area contributed by atoms with E-state index in [9.17, 15) is 17.2 Å². The fourth-order valence-electron chi connectivity index (χ4n) is 1.35. The Morgan fingerprint density at radius 1 is 1.28 bits per heavy atom. The molecule has 0 aliphatic rings. The first-order chi connectivity index (χ1) is 8.23.